The van der Waals surface area contributed by atoms with Crippen molar-refractivity contribution in [3.05, 3.63) is 71.3 Å². The fourth-order valence-corrected chi connectivity index (χ4v) is 1.90. The molecule has 2 rings (SSSR count). The quantitative estimate of drug-likeness (QED) is 0.854. The summed E-state index contributed by atoms with van der Waals surface area (Å²) in [6.45, 7) is 2.05. The Hall–Kier alpha value is -3.15. The third kappa shape index (κ3) is 4.95. The highest BCUT2D eigenvalue weighted by atomic mass is 16.5. The zero-order chi connectivity index (χ0) is 17.4. The predicted octanol–water partition coefficient (Wildman–Crippen LogP) is 2.93. The van der Waals surface area contributed by atoms with Gasteiger partial charge in [-0.15, -0.1) is 0 Å². The molecule has 0 aliphatic heterocycles. The van der Waals surface area contributed by atoms with Gasteiger partial charge in [-0.3, -0.25) is 10.1 Å². The van der Waals surface area contributed by atoms with Crippen molar-refractivity contribution in [2.24, 2.45) is 0 Å². The van der Waals surface area contributed by atoms with Crippen LogP contribution < -0.4 is 5.32 Å². The van der Waals surface area contributed by atoms with Crippen LogP contribution in [0.4, 0.5) is 4.79 Å². The van der Waals surface area contributed by atoms with Crippen LogP contribution in [0, 0.1) is 0 Å². The molecule has 0 spiro atoms. The minimum atomic E-state index is -0.835. The number of ether oxygens (including phenoxy) is 2. The second-order valence-corrected chi connectivity index (χ2v) is 4.81. The molecular weight excluding hydrogens is 310 g/mol. The second kappa shape index (κ2) is 8.47. The number of rotatable bonds is 5. The molecule has 0 saturated carbocycles. The summed E-state index contributed by atoms with van der Waals surface area (Å²) in [7, 11) is 0. The zero-order valence-electron chi connectivity index (χ0n) is 13.2. The first-order valence-corrected chi connectivity index (χ1v) is 7.39. The highest BCUT2D eigenvalue weighted by Crippen LogP contribution is 2.07. The maximum atomic E-state index is 11.9. The van der Waals surface area contributed by atoms with Gasteiger partial charge in [-0.1, -0.05) is 30.3 Å². The van der Waals surface area contributed by atoms with E-state index in [9.17, 15) is 14.4 Å². The number of carbonyl (C=O) groups is 3. The molecule has 0 radical (unpaired) electrons. The van der Waals surface area contributed by atoms with Crippen LogP contribution in [0.1, 0.15) is 33.2 Å². The van der Waals surface area contributed by atoms with Gasteiger partial charge in [-0.25, -0.2) is 9.59 Å². The van der Waals surface area contributed by atoms with Crippen molar-refractivity contribution < 1.29 is 23.9 Å². The molecule has 0 aromatic heterocycles. The Bertz CT molecular complexity index is 710. The lowest BCUT2D eigenvalue weighted by Crippen LogP contribution is -2.30. The predicted molar refractivity (Wildman–Crippen MR) is 86.5 cm³/mol. The summed E-state index contributed by atoms with van der Waals surface area (Å²) in [5.74, 6) is -1.07. The molecule has 1 N–H and O–H groups in total. The Morgan fingerprint density at radius 1 is 0.875 bits per heavy atom. The normalized spacial score (nSPS) is 9.88. The van der Waals surface area contributed by atoms with Crippen molar-refractivity contribution in [3.63, 3.8) is 0 Å². The van der Waals surface area contributed by atoms with Crippen LogP contribution in [0.3, 0.4) is 0 Å². The van der Waals surface area contributed by atoms with Gasteiger partial charge in [0.15, 0.2) is 0 Å². The van der Waals surface area contributed by atoms with Gasteiger partial charge in [0, 0.05) is 5.56 Å². The third-order valence-electron chi connectivity index (χ3n) is 3.09. The van der Waals surface area contributed by atoms with Crippen molar-refractivity contribution in [2.75, 3.05) is 6.61 Å². The number of esters is 1. The van der Waals surface area contributed by atoms with Gasteiger partial charge in [0.2, 0.25) is 0 Å². The molecule has 0 saturated heterocycles. The number of alkyl carbamates (subject to hydrolysis) is 1. The minimum absolute atomic E-state index is 0.0712. The minimum Gasteiger partial charge on any atom is -0.462 e. The molecule has 2 aromatic rings. The van der Waals surface area contributed by atoms with Crippen molar-refractivity contribution in [1.82, 2.24) is 5.32 Å². The monoisotopic (exact) mass is 327 g/mol. The highest BCUT2D eigenvalue weighted by molar-refractivity contribution is 6.03. The number of amides is 2. The summed E-state index contributed by atoms with van der Waals surface area (Å²) in [4.78, 5) is 35.1. The molecule has 0 aliphatic carbocycles. The number of nitrogens with one attached hydrogen (secondary N) is 1. The SMILES string of the molecule is CCOC(=O)c1ccc(C(=O)NC(=O)OCc2ccccc2)cc1. The Morgan fingerprint density at radius 3 is 2.12 bits per heavy atom. The molecule has 2 amide bonds. The van der Waals surface area contributed by atoms with E-state index < -0.39 is 18.0 Å². The van der Waals surface area contributed by atoms with E-state index in [1.165, 1.54) is 24.3 Å². The topological polar surface area (TPSA) is 81.7 Å². The van der Waals surface area contributed by atoms with E-state index in [4.69, 9.17) is 9.47 Å². The summed E-state index contributed by atoms with van der Waals surface area (Å²) in [5, 5.41) is 2.12. The molecule has 2 aromatic carbocycles. The van der Waals surface area contributed by atoms with Crippen LogP contribution in [0.15, 0.2) is 54.6 Å². The smallest absolute Gasteiger partial charge is 0.414 e. The van der Waals surface area contributed by atoms with Crippen LogP contribution in [0.2, 0.25) is 0 Å². The Balaban J connectivity index is 1.87. The summed E-state index contributed by atoms with van der Waals surface area (Å²) in [5.41, 5.74) is 1.39. The van der Waals surface area contributed by atoms with Crippen LogP contribution in [-0.4, -0.2) is 24.6 Å². The van der Waals surface area contributed by atoms with Crippen LogP contribution in [-0.2, 0) is 16.1 Å². The van der Waals surface area contributed by atoms with E-state index in [0.29, 0.717) is 5.56 Å². The summed E-state index contributed by atoms with van der Waals surface area (Å²) in [6, 6.07) is 14.9. The van der Waals surface area contributed by atoms with E-state index in [-0.39, 0.29) is 18.8 Å². The number of hydrogen-bond acceptors (Lipinski definition) is 5. The largest absolute Gasteiger partial charge is 0.462 e. The van der Waals surface area contributed by atoms with Gasteiger partial charge in [-0.05, 0) is 36.8 Å². The summed E-state index contributed by atoms with van der Waals surface area (Å²) < 4.78 is 9.82. The van der Waals surface area contributed by atoms with Crippen LogP contribution in [0.25, 0.3) is 0 Å². The standard InChI is InChI=1S/C18H17NO5/c1-2-23-17(21)15-10-8-14(9-11-15)16(20)19-18(22)24-12-13-6-4-3-5-7-13/h3-11H,2,12H2,1H3,(H,19,20,22). The van der Waals surface area contributed by atoms with Crippen molar-refractivity contribution in [3.8, 4) is 0 Å². The van der Waals surface area contributed by atoms with Crippen LogP contribution >= 0.6 is 0 Å². The first kappa shape index (κ1) is 17.2. The molecule has 6 heteroatoms. The molecule has 24 heavy (non-hydrogen) atoms. The van der Waals surface area contributed by atoms with Gasteiger partial charge in [0.25, 0.3) is 5.91 Å². The first-order valence-electron chi connectivity index (χ1n) is 7.39. The molecular formula is C18H17NO5. The van der Waals surface area contributed by atoms with Crippen molar-refractivity contribution in [1.29, 1.82) is 0 Å². The van der Waals surface area contributed by atoms with Gasteiger partial charge in [-0.2, -0.15) is 0 Å². The zero-order valence-corrected chi connectivity index (χ0v) is 13.2. The molecule has 0 atom stereocenters. The summed E-state index contributed by atoms with van der Waals surface area (Å²) >= 11 is 0. The molecule has 0 bridgehead atoms. The third-order valence-corrected chi connectivity index (χ3v) is 3.09. The van der Waals surface area contributed by atoms with Crippen LogP contribution in [0.5, 0.6) is 0 Å². The van der Waals surface area contributed by atoms with Gasteiger partial charge in [0.1, 0.15) is 6.61 Å². The number of benzene rings is 2. The van der Waals surface area contributed by atoms with Gasteiger partial charge in [0.05, 0.1) is 12.2 Å². The Kier molecular flexibility index (Phi) is 6.08. The van der Waals surface area contributed by atoms with E-state index >= 15 is 0 Å². The lowest BCUT2D eigenvalue weighted by atomic mass is 10.1. The fraction of sp³-hybridized carbons (Fsp3) is 0.167. The van der Waals surface area contributed by atoms with Gasteiger partial charge < -0.3 is 9.47 Å². The number of carbonyl (C=O) groups excluding carboxylic acids is 3. The van der Waals surface area contributed by atoms with Crippen molar-refractivity contribution >= 4 is 18.0 Å². The average Bonchev–Trinajstić information content (AvgIpc) is 2.61. The molecule has 0 heterocycles. The lowest BCUT2D eigenvalue weighted by Gasteiger charge is -2.07. The molecule has 6 nitrogen and oxygen atoms in total. The second-order valence-electron chi connectivity index (χ2n) is 4.81. The first-order chi connectivity index (χ1) is 11.6. The Morgan fingerprint density at radius 2 is 1.50 bits per heavy atom. The van der Waals surface area contributed by atoms with E-state index in [0.717, 1.165) is 5.56 Å². The summed E-state index contributed by atoms with van der Waals surface area (Å²) in [6.07, 6.45) is -0.835. The lowest BCUT2D eigenvalue weighted by molar-refractivity contribution is 0.0525. The number of imide groups is 1. The molecule has 124 valence electrons. The maximum absolute atomic E-state index is 11.9. The average molecular weight is 327 g/mol. The van der Waals surface area contributed by atoms with E-state index in [1.807, 2.05) is 30.3 Å². The fourth-order valence-electron chi connectivity index (χ4n) is 1.90. The molecule has 0 fully saturated rings. The van der Waals surface area contributed by atoms with Crippen molar-refractivity contribution in [2.45, 2.75) is 13.5 Å². The van der Waals surface area contributed by atoms with E-state index in [2.05, 4.69) is 5.32 Å². The molecule has 0 unspecified atom stereocenters. The Labute approximate surface area is 139 Å². The number of hydrogen-bond donors (Lipinski definition) is 1. The molecule has 0 aliphatic rings. The highest BCUT2D eigenvalue weighted by Gasteiger charge is 2.13. The van der Waals surface area contributed by atoms with Gasteiger partial charge >= 0.3 is 12.1 Å². The van der Waals surface area contributed by atoms with E-state index in [1.54, 1.807) is 6.92 Å². The maximum Gasteiger partial charge on any atom is 0.414 e.